The third-order valence-corrected chi connectivity index (χ3v) is 4.34. The summed E-state index contributed by atoms with van der Waals surface area (Å²) in [4.78, 5) is 2.38. The molecule has 122 valence electrons. The molecule has 0 spiro atoms. The first kappa shape index (κ1) is 17.0. The zero-order chi connectivity index (χ0) is 16.5. The van der Waals surface area contributed by atoms with Crippen molar-refractivity contribution in [3.63, 3.8) is 0 Å². The van der Waals surface area contributed by atoms with Crippen molar-refractivity contribution < 1.29 is 13.2 Å². The molecule has 5 nitrogen and oxygen atoms in total. The van der Waals surface area contributed by atoms with Crippen molar-refractivity contribution in [2.45, 2.75) is 24.7 Å². The fraction of sp³-hybridized carbons (Fsp3) is 0.235. The minimum absolute atomic E-state index is 0.171. The summed E-state index contributed by atoms with van der Waals surface area (Å²) in [5.74, 6) is 0.684. The number of nitrogens with one attached hydrogen (secondary N) is 1. The molecule has 0 saturated carbocycles. The lowest BCUT2D eigenvalue weighted by molar-refractivity contribution is 0.309. The summed E-state index contributed by atoms with van der Waals surface area (Å²) in [5.41, 5.74) is 0.722. The maximum absolute atomic E-state index is 12.1. The molecule has 1 N–H and O–H groups in total. The molecule has 2 aromatic carbocycles. The molecule has 0 atom stereocenters. The number of rotatable bonds is 8. The maximum atomic E-state index is 12.1. The van der Waals surface area contributed by atoms with Gasteiger partial charge in [-0.1, -0.05) is 43.7 Å². The van der Waals surface area contributed by atoms with Gasteiger partial charge in [-0.15, -0.1) is 0 Å². The Bertz CT molecular complexity index is 743. The van der Waals surface area contributed by atoms with Crippen molar-refractivity contribution in [2.24, 2.45) is 5.10 Å². The first-order valence-electron chi connectivity index (χ1n) is 7.45. The van der Waals surface area contributed by atoms with Crippen LogP contribution < -0.4 is 9.57 Å². The zero-order valence-electron chi connectivity index (χ0n) is 13.0. The molecule has 0 aromatic heterocycles. The first-order chi connectivity index (χ1) is 11.1. The third-order valence-electron chi connectivity index (χ3n) is 3.10. The van der Waals surface area contributed by atoms with Crippen molar-refractivity contribution >= 4 is 16.2 Å². The average Bonchev–Trinajstić information content (AvgIpc) is 2.57. The monoisotopic (exact) mass is 332 g/mol. The average molecular weight is 332 g/mol. The van der Waals surface area contributed by atoms with Crippen LogP contribution in [0.15, 0.2) is 64.6 Å². The van der Waals surface area contributed by atoms with E-state index in [1.807, 2.05) is 24.3 Å². The largest absolute Gasteiger partial charge is 0.493 e. The molecule has 2 rings (SSSR count). The van der Waals surface area contributed by atoms with Crippen molar-refractivity contribution in [1.29, 1.82) is 0 Å². The van der Waals surface area contributed by atoms with Crippen molar-refractivity contribution in [2.75, 3.05) is 6.61 Å². The summed E-state index contributed by atoms with van der Waals surface area (Å²) < 4.78 is 29.8. The lowest BCUT2D eigenvalue weighted by atomic mass is 10.2. The molecule has 0 radical (unpaired) electrons. The minimum Gasteiger partial charge on any atom is -0.493 e. The lowest BCUT2D eigenvalue weighted by Gasteiger charge is -2.08. The topological polar surface area (TPSA) is 67.8 Å². The highest BCUT2D eigenvalue weighted by Crippen LogP contribution is 2.16. The van der Waals surface area contributed by atoms with Gasteiger partial charge in [0.1, 0.15) is 5.75 Å². The molecule has 23 heavy (non-hydrogen) atoms. The molecule has 0 unspecified atom stereocenters. The number of hydrogen-bond donors (Lipinski definition) is 1. The third kappa shape index (κ3) is 5.10. The van der Waals surface area contributed by atoms with E-state index in [4.69, 9.17) is 4.74 Å². The Balaban J connectivity index is 2.06. The van der Waals surface area contributed by atoms with E-state index in [-0.39, 0.29) is 4.90 Å². The van der Waals surface area contributed by atoms with Gasteiger partial charge in [0.2, 0.25) is 0 Å². The Hall–Kier alpha value is -2.34. The second-order valence-corrected chi connectivity index (χ2v) is 6.57. The summed E-state index contributed by atoms with van der Waals surface area (Å²) in [7, 11) is -3.65. The van der Waals surface area contributed by atoms with Crippen LogP contribution in [-0.2, 0) is 10.0 Å². The number of sulfonamides is 1. The van der Waals surface area contributed by atoms with Crippen molar-refractivity contribution in [3.8, 4) is 5.75 Å². The lowest BCUT2D eigenvalue weighted by Crippen LogP contribution is -2.18. The molecule has 0 heterocycles. The van der Waals surface area contributed by atoms with Gasteiger partial charge >= 0.3 is 0 Å². The van der Waals surface area contributed by atoms with Crippen LogP contribution in [0.5, 0.6) is 5.75 Å². The van der Waals surface area contributed by atoms with Crippen LogP contribution in [0.3, 0.4) is 0 Å². The molecule has 0 amide bonds. The highest BCUT2D eigenvalue weighted by molar-refractivity contribution is 7.89. The predicted molar refractivity (Wildman–Crippen MR) is 91.2 cm³/mol. The number of para-hydroxylation sites is 1. The van der Waals surface area contributed by atoms with E-state index in [2.05, 4.69) is 16.9 Å². The Morgan fingerprint density at radius 1 is 1.09 bits per heavy atom. The van der Waals surface area contributed by atoms with E-state index in [1.165, 1.54) is 18.3 Å². The normalized spacial score (nSPS) is 11.5. The van der Waals surface area contributed by atoms with E-state index in [9.17, 15) is 8.42 Å². The van der Waals surface area contributed by atoms with Crippen LogP contribution in [0.25, 0.3) is 0 Å². The van der Waals surface area contributed by atoms with E-state index < -0.39 is 10.0 Å². The van der Waals surface area contributed by atoms with Gasteiger partial charge in [-0.05, 0) is 30.7 Å². The zero-order valence-corrected chi connectivity index (χ0v) is 13.8. The Kier molecular flexibility index (Phi) is 6.17. The van der Waals surface area contributed by atoms with Crippen molar-refractivity contribution in [3.05, 3.63) is 60.2 Å². The molecule has 0 aliphatic carbocycles. The van der Waals surface area contributed by atoms with E-state index in [0.29, 0.717) is 12.4 Å². The number of nitrogens with zero attached hydrogens (tertiary/aromatic N) is 1. The number of benzene rings is 2. The number of hydrogen-bond acceptors (Lipinski definition) is 4. The fourth-order valence-electron chi connectivity index (χ4n) is 1.86. The Morgan fingerprint density at radius 3 is 2.52 bits per heavy atom. The quantitative estimate of drug-likeness (QED) is 0.459. The van der Waals surface area contributed by atoms with Gasteiger partial charge in [0.15, 0.2) is 0 Å². The summed E-state index contributed by atoms with van der Waals surface area (Å²) in [6, 6.07) is 15.5. The summed E-state index contributed by atoms with van der Waals surface area (Å²) in [6.45, 7) is 2.71. The van der Waals surface area contributed by atoms with Gasteiger partial charge in [-0.25, -0.2) is 4.83 Å². The summed E-state index contributed by atoms with van der Waals surface area (Å²) >= 11 is 0. The predicted octanol–water partition coefficient (Wildman–Crippen LogP) is 3.18. The highest BCUT2D eigenvalue weighted by Gasteiger charge is 2.11. The van der Waals surface area contributed by atoms with Gasteiger partial charge in [0, 0.05) is 5.56 Å². The van der Waals surface area contributed by atoms with Crippen molar-refractivity contribution in [1.82, 2.24) is 4.83 Å². The highest BCUT2D eigenvalue weighted by atomic mass is 32.2. The molecule has 0 saturated heterocycles. The molecule has 0 bridgehead atoms. The van der Waals surface area contributed by atoms with Gasteiger partial charge in [0.25, 0.3) is 10.0 Å². The van der Waals surface area contributed by atoms with Crippen LogP contribution in [0.2, 0.25) is 0 Å². The Morgan fingerprint density at radius 2 is 1.78 bits per heavy atom. The van der Waals surface area contributed by atoms with E-state index >= 15 is 0 Å². The van der Waals surface area contributed by atoms with Crippen LogP contribution in [0.4, 0.5) is 0 Å². The molecule has 6 heteroatoms. The molecule has 0 aliphatic heterocycles. The van der Waals surface area contributed by atoms with Gasteiger partial charge in [-0.2, -0.15) is 13.5 Å². The SMILES string of the molecule is CCCCOc1ccccc1/C=N/NS(=O)(=O)c1ccccc1. The number of unbranched alkanes of at least 4 members (excludes halogenated alkanes) is 1. The molecular formula is C17H20N2O3S. The van der Waals surface area contributed by atoms with Crippen LogP contribution in [0, 0.1) is 0 Å². The maximum Gasteiger partial charge on any atom is 0.276 e. The summed E-state index contributed by atoms with van der Waals surface area (Å²) in [5, 5.41) is 3.84. The molecule has 0 fully saturated rings. The minimum atomic E-state index is -3.65. The fourth-order valence-corrected chi connectivity index (χ4v) is 2.68. The number of hydrazone groups is 1. The van der Waals surface area contributed by atoms with Crippen LogP contribution >= 0.6 is 0 Å². The second kappa shape index (κ2) is 8.33. The second-order valence-electron chi connectivity index (χ2n) is 4.91. The Labute approximate surface area is 137 Å². The van der Waals surface area contributed by atoms with Gasteiger partial charge in [0.05, 0.1) is 17.7 Å². The molecule has 0 aliphatic rings. The van der Waals surface area contributed by atoms with Gasteiger partial charge in [-0.3, -0.25) is 0 Å². The van der Waals surface area contributed by atoms with Crippen LogP contribution in [-0.4, -0.2) is 21.2 Å². The van der Waals surface area contributed by atoms with E-state index in [0.717, 1.165) is 18.4 Å². The standard InChI is InChI=1S/C17H20N2O3S/c1-2-3-13-22-17-12-8-7-9-15(17)14-18-19-23(20,21)16-10-5-4-6-11-16/h4-12,14,19H,2-3,13H2,1H3/b18-14+. The smallest absolute Gasteiger partial charge is 0.276 e. The van der Waals surface area contributed by atoms with E-state index in [1.54, 1.807) is 18.2 Å². The molecular weight excluding hydrogens is 312 g/mol. The van der Waals surface area contributed by atoms with Gasteiger partial charge < -0.3 is 4.74 Å². The molecule has 2 aromatic rings. The first-order valence-corrected chi connectivity index (χ1v) is 8.93. The summed E-state index contributed by atoms with van der Waals surface area (Å²) in [6.07, 6.45) is 3.46. The van der Waals surface area contributed by atoms with Crippen LogP contribution in [0.1, 0.15) is 25.3 Å². The number of ether oxygens (including phenoxy) is 1.